The monoisotopic (exact) mass is 358 g/mol. The fourth-order valence-corrected chi connectivity index (χ4v) is 4.50. The van der Waals surface area contributed by atoms with Crippen LogP contribution in [0.15, 0.2) is 0 Å². The first-order valence-electron chi connectivity index (χ1n) is 8.75. The summed E-state index contributed by atoms with van der Waals surface area (Å²) in [5, 5.41) is 0. The summed E-state index contributed by atoms with van der Waals surface area (Å²) in [7, 11) is 0. The van der Waals surface area contributed by atoms with Crippen LogP contribution in [-0.4, -0.2) is 57.7 Å². The van der Waals surface area contributed by atoms with Crippen LogP contribution in [0.25, 0.3) is 0 Å². The molecule has 1 heterocycles. The van der Waals surface area contributed by atoms with E-state index < -0.39 is 5.60 Å². The molecule has 0 aromatic rings. The van der Waals surface area contributed by atoms with Gasteiger partial charge in [-0.15, -0.1) is 0 Å². The highest BCUT2D eigenvalue weighted by atomic mass is 32.2. The fraction of sp³-hybridized carbons (Fsp3) is 0.882. The van der Waals surface area contributed by atoms with Crippen molar-refractivity contribution in [2.24, 2.45) is 5.92 Å². The number of carbonyl (C=O) groups excluding carboxylic acids is 1. The Kier molecular flexibility index (Phi) is 7.01. The lowest BCUT2D eigenvalue weighted by atomic mass is 9.91. The molecule has 23 heavy (non-hydrogen) atoms. The van der Waals surface area contributed by atoms with E-state index in [1.54, 1.807) is 4.90 Å². The Labute approximate surface area is 150 Å². The van der Waals surface area contributed by atoms with Gasteiger partial charge in [0.2, 0.25) is 0 Å². The van der Waals surface area contributed by atoms with Crippen LogP contribution in [0.3, 0.4) is 0 Å². The van der Waals surface area contributed by atoms with Gasteiger partial charge < -0.3 is 14.5 Å². The van der Waals surface area contributed by atoms with Crippen molar-refractivity contribution < 1.29 is 9.53 Å². The molecule has 1 aliphatic carbocycles. The quantitative estimate of drug-likeness (QED) is 0.693. The summed E-state index contributed by atoms with van der Waals surface area (Å²) >= 11 is 7.42. The highest BCUT2D eigenvalue weighted by Gasteiger charge is 2.27. The summed E-state index contributed by atoms with van der Waals surface area (Å²) in [5.41, 5.74) is -0.431. The number of ether oxygens (including phenoxy) is 1. The lowest BCUT2D eigenvalue weighted by Crippen LogP contribution is -2.50. The van der Waals surface area contributed by atoms with Gasteiger partial charge in [0.05, 0.1) is 0 Å². The minimum atomic E-state index is -0.431. The van der Waals surface area contributed by atoms with Crippen LogP contribution in [-0.2, 0) is 4.74 Å². The molecule has 0 atom stereocenters. The molecule has 0 N–H and O–H groups in total. The second-order valence-corrected chi connectivity index (χ2v) is 9.19. The van der Waals surface area contributed by atoms with E-state index in [4.69, 9.17) is 17.0 Å². The van der Waals surface area contributed by atoms with Gasteiger partial charge in [-0.25, -0.2) is 4.79 Å². The molecule has 0 spiro atoms. The summed E-state index contributed by atoms with van der Waals surface area (Å²) in [5.74, 6) is 2.00. The standard InChI is InChI=1S/C17H30N2O2S2/c1-17(2,3)21-15(20)18-9-11-19(12-10-18)16(22)23-13-14-7-5-4-6-8-14/h14H,4-13H2,1-3H3. The van der Waals surface area contributed by atoms with Gasteiger partial charge in [-0.3, -0.25) is 0 Å². The van der Waals surface area contributed by atoms with E-state index in [1.807, 2.05) is 32.5 Å². The molecular formula is C17H30N2O2S2. The van der Waals surface area contributed by atoms with Crippen molar-refractivity contribution in [2.75, 3.05) is 31.9 Å². The van der Waals surface area contributed by atoms with E-state index in [0.29, 0.717) is 13.1 Å². The van der Waals surface area contributed by atoms with Crippen molar-refractivity contribution in [2.45, 2.75) is 58.5 Å². The van der Waals surface area contributed by atoms with Crippen LogP contribution in [0.2, 0.25) is 0 Å². The Morgan fingerprint density at radius 3 is 2.22 bits per heavy atom. The summed E-state index contributed by atoms with van der Waals surface area (Å²) in [6, 6.07) is 0. The predicted octanol–water partition coefficient (Wildman–Crippen LogP) is 4.14. The van der Waals surface area contributed by atoms with Gasteiger partial charge in [0.15, 0.2) is 0 Å². The van der Waals surface area contributed by atoms with Crippen molar-refractivity contribution in [3.8, 4) is 0 Å². The van der Waals surface area contributed by atoms with Crippen molar-refractivity contribution in [3.63, 3.8) is 0 Å². The van der Waals surface area contributed by atoms with E-state index in [0.717, 1.165) is 29.1 Å². The van der Waals surface area contributed by atoms with Crippen LogP contribution in [0.4, 0.5) is 4.79 Å². The number of rotatable bonds is 2. The van der Waals surface area contributed by atoms with Gasteiger partial charge >= 0.3 is 6.09 Å². The second kappa shape index (κ2) is 8.56. The minimum absolute atomic E-state index is 0.210. The molecule has 0 aromatic heterocycles. The van der Waals surface area contributed by atoms with Gasteiger partial charge in [-0.2, -0.15) is 0 Å². The maximum absolute atomic E-state index is 12.1. The van der Waals surface area contributed by atoms with E-state index in [9.17, 15) is 4.79 Å². The smallest absolute Gasteiger partial charge is 0.410 e. The molecule has 132 valence electrons. The number of hydrogen-bond acceptors (Lipinski definition) is 4. The number of piperazine rings is 1. The SMILES string of the molecule is CC(C)(C)OC(=O)N1CCN(C(=S)SCC2CCCCC2)CC1. The number of carbonyl (C=O) groups is 1. The van der Waals surface area contributed by atoms with Crippen LogP contribution in [0.1, 0.15) is 52.9 Å². The lowest BCUT2D eigenvalue weighted by Gasteiger charge is -2.36. The van der Waals surface area contributed by atoms with Crippen LogP contribution >= 0.6 is 24.0 Å². The van der Waals surface area contributed by atoms with Gasteiger partial charge in [0.25, 0.3) is 0 Å². The zero-order valence-electron chi connectivity index (χ0n) is 14.7. The van der Waals surface area contributed by atoms with Crippen LogP contribution < -0.4 is 0 Å². The molecular weight excluding hydrogens is 328 g/mol. The summed E-state index contributed by atoms with van der Waals surface area (Å²) in [6.45, 7) is 8.72. The van der Waals surface area contributed by atoms with Crippen molar-refractivity contribution in [1.82, 2.24) is 9.80 Å². The molecule has 1 amide bonds. The van der Waals surface area contributed by atoms with E-state index in [1.165, 1.54) is 32.1 Å². The molecule has 2 rings (SSSR count). The number of amides is 1. The Morgan fingerprint density at radius 1 is 1.09 bits per heavy atom. The molecule has 1 aliphatic heterocycles. The Bertz CT molecular complexity index is 409. The number of thiocarbonyl (C=S) groups is 1. The molecule has 2 fully saturated rings. The normalized spacial score (nSPS) is 20.5. The predicted molar refractivity (Wildman–Crippen MR) is 101 cm³/mol. The topological polar surface area (TPSA) is 32.8 Å². The lowest BCUT2D eigenvalue weighted by molar-refractivity contribution is 0.0189. The largest absolute Gasteiger partial charge is 0.444 e. The average molecular weight is 359 g/mol. The summed E-state index contributed by atoms with van der Waals surface area (Å²) < 4.78 is 6.43. The molecule has 1 saturated carbocycles. The third-order valence-electron chi connectivity index (χ3n) is 4.36. The van der Waals surface area contributed by atoms with Gasteiger partial charge in [-0.1, -0.05) is 43.2 Å². The molecule has 0 bridgehead atoms. The molecule has 6 heteroatoms. The maximum Gasteiger partial charge on any atom is 0.410 e. The summed E-state index contributed by atoms with van der Waals surface area (Å²) in [4.78, 5) is 16.1. The van der Waals surface area contributed by atoms with Crippen LogP contribution in [0.5, 0.6) is 0 Å². The highest BCUT2D eigenvalue weighted by Crippen LogP contribution is 2.28. The average Bonchev–Trinajstić information content (AvgIpc) is 2.52. The molecule has 1 saturated heterocycles. The number of hydrogen-bond donors (Lipinski definition) is 0. The highest BCUT2D eigenvalue weighted by molar-refractivity contribution is 8.22. The van der Waals surface area contributed by atoms with Gasteiger partial charge in [0.1, 0.15) is 9.92 Å². The van der Waals surface area contributed by atoms with Crippen molar-refractivity contribution in [1.29, 1.82) is 0 Å². The van der Waals surface area contributed by atoms with E-state index in [-0.39, 0.29) is 6.09 Å². The number of nitrogens with zero attached hydrogens (tertiary/aromatic N) is 2. The fourth-order valence-electron chi connectivity index (χ4n) is 3.03. The minimum Gasteiger partial charge on any atom is -0.444 e. The molecule has 0 unspecified atom stereocenters. The molecule has 0 radical (unpaired) electrons. The summed E-state index contributed by atoms with van der Waals surface area (Å²) in [6.07, 6.45) is 6.68. The first-order chi connectivity index (χ1) is 10.8. The number of thioether (sulfide) groups is 1. The maximum atomic E-state index is 12.1. The second-order valence-electron chi connectivity index (χ2n) is 7.54. The molecule has 0 aromatic carbocycles. The van der Waals surface area contributed by atoms with Crippen molar-refractivity contribution >= 4 is 34.4 Å². The zero-order valence-corrected chi connectivity index (χ0v) is 16.3. The van der Waals surface area contributed by atoms with Crippen molar-refractivity contribution in [3.05, 3.63) is 0 Å². The van der Waals surface area contributed by atoms with E-state index >= 15 is 0 Å². The van der Waals surface area contributed by atoms with Crippen LogP contribution in [0, 0.1) is 5.92 Å². The molecule has 2 aliphatic rings. The first kappa shape index (κ1) is 18.8. The van der Waals surface area contributed by atoms with E-state index in [2.05, 4.69) is 4.90 Å². The Balaban J connectivity index is 1.69. The molecule has 4 nitrogen and oxygen atoms in total. The third-order valence-corrected chi connectivity index (χ3v) is 6.11. The van der Waals surface area contributed by atoms with Gasteiger partial charge in [-0.05, 0) is 39.5 Å². The Hall–Kier alpha value is -0.490. The third kappa shape index (κ3) is 6.49. The zero-order chi connectivity index (χ0) is 16.9. The first-order valence-corrected chi connectivity index (χ1v) is 10.1. The Morgan fingerprint density at radius 2 is 1.65 bits per heavy atom. The van der Waals surface area contributed by atoms with Gasteiger partial charge in [0, 0.05) is 31.9 Å².